The van der Waals surface area contributed by atoms with E-state index in [2.05, 4.69) is 10.3 Å². The van der Waals surface area contributed by atoms with E-state index in [4.69, 9.17) is 10.5 Å². The van der Waals surface area contributed by atoms with Crippen LogP contribution in [-0.4, -0.2) is 51.2 Å². The summed E-state index contributed by atoms with van der Waals surface area (Å²) in [6.45, 7) is 2.51. The van der Waals surface area contributed by atoms with Gasteiger partial charge in [0.25, 0.3) is 0 Å². The van der Waals surface area contributed by atoms with Crippen molar-refractivity contribution in [1.82, 2.24) is 9.55 Å². The van der Waals surface area contributed by atoms with E-state index in [1.165, 1.54) is 4.57 Å². The topological polar surface area (TPSA) is 123 Å². The number of aromatic nitrogens is 2. The van der Waals surface area contributed by atoms with Gasteiger partial charge in [0.2, 0.25) is 0 Å². The molecule has 1 fully saturated rings. The molecule has 3 unspecified atom stereocenters. The normalized spacial score (nSPS) is 28.8. The lowest BCUT2D eigenvalue weighted by atomic mass is 10.0. The number of nitrogens with one attached hydrogen (secondary N) is 1. The molecule has 5 N–H and O–H groups in total. The number of anilines is 1. The van der Waals surface area contributed by atoms with Gasteiger partial charge in [-0.05, 0) is 26.0 Å². The highest BCUT2D eigenvalue weighted by atomic mass is 16.6. The molecule has 1 aliphatic heterocycles. The van der Waals surface area contributed by atoms with Crippen LogP contribution in [0, 0.1) is 0 Å². The average molecular weight is 298 g/mol. The van der Waals surface area contributed by atoms with E-state index in [0.29, 0.717) is 18.9 Å². The van der Waals surface area contributed by atoms with E-state index in [9.17, 15) is 15.0 Å². The Balaban J connectivity index is 2.10. The molecule has 0 aromatic carbocycles. The lowest BCUT2D eigenvalue weighted by Gasteiger charge is -2.25. The summed E-state index contributed by atoms with van der Waals surface area (Å²) in [5.41, 5.74) is 3.88. The first-order valence-corrected chi connectivity index (χ1v) is 7.00. The number of ether oxygens (including phenoxy) is 1. The van der Waals surface area contributed by atoms with Gasteiger partial charge in [-0.1, -0.05) is 0 Å². The molecule has 118 valence electrons. The van der Waals surface area contributed by atoms with Crippen LogP contribution in [-0.2, 0) is 4.74 Å². The summed E-state index contributed by atoms with van der Waals surface area (Å²) < 4.78 is 6.92. The molecule has 1 aromatic rings. The molecule has 8 nitrogen and oxygen atoms in total. The maximum atomic E-state index is 12.0. The van der Waals surface area contributed by atoms with Crippen molar-refractivity contribution in [2.45, 2.75) is 37.7 Å². The standard InChI is InChI=1S/C13H22N4O4/c1-13(8-18)9(19)7-11(21-13)17-6-3-10(16-12(17)20)15-5-2-4-14/h3,6,9,11,18-19H,2,4-5,7-8,14H2,1H3,(H,15,16,20). The van der Waals surface area contributed by atoms with Crippen molar-refractivity contribution in [2.24, 2.45) is 5.73 Å². The molecule has 21 heavy (non-hydrogen) atoms. The minimum absolute atomic E-state index is 0.235. The molecule has 0 bridgehead atoms. The Hall–Kier alpha value is -1.48. The quantitative estimate of drug-likeness (QED) is 0.499. The predicted octanol–water partition coefficient (Wildman–Crippen LogP) is -0.965. The maximum absolute atomic E-state index is 12.0. The molecule has 1 aliphatic rings. The molecule has 2 heterocycles. The van der Waals surface area contributed by atoms with E-state index >= 15 is 0 Å². The summed E-state index contributed by atoms with van der Waals surface area (Å²) in [7, 11) is 0. The second kappa shape index (κ2) is 6.52. The van der Waals surface area contributed by atoms with Crippen molar-refractivity contribution >= 4 is 5.82 Å². The van der Waals surface area contributed by atoms with Gasteiger partial charge in [-0.25, -0.2) is 4.79 Å². The highest BCUT2D eigenvalue weighted by Crippen LogP contribution is 2.35. The summed E-state index contributed by atoms with van der Waals surface area (Å²) in [6, 6.07) is 1.67. The zero-order valence-electron chi connectivity index (χ0n) is 12.0. The van der Waals surface area contributed by atoms with Gasteiger partial charge < -0.3 is 26.0 Å². The van der Waals surface area contributed by atoms with Gasteiger partial charge in [0, 0.05) is 19.2 Å². The van der Waals surface area contributed by atoms with E-state index < -0.39 is 23.6 Å². The third-order valence-corrected chi connectivity index (χ3v) is 3.68. The van der Waals surface area contributed by atoms with Gasteiger partial charge in [0.1, 0.15) is 17.6 Å². The van der Waals surface area contributed by atoms with Gasteiger partial charge in [0.15, 0.2) is 0 Å². The van der Waals surface area contributed by atoms with Crippen LogP contribution in [0.4, 0.5) is 5.82 Å². The van der Waals surface area contributed by atoms with Gasteiger partial charge >= 0.3 is 5.69 Å². The zero-order chi connectivity index (χ0) is 15.5. The van der Waals surface area contributed by atoms with E-state index in [1.54, 1.807) is 19.2 Å². The van der Waals surface area contributed by atoms with E-state index in [-0.39, 0.29) is 13.0 Å². The van der Waals surface area contributed by atoms with Crippen molar-refractivity contribution in [3.63, 3.8) is 0 Å². The molecular formula is C13H22N4O4. The highest BCUT2D eigenvalue weighted by Gasteiger charge is 2.44. The molecule has 3 atom stereocenters. The highest BCUT2D eigenvalue weighted by molar-refractivity contribution is 5.31. The van der Waals surface area contributed by atoms with Crippen LogP contribution >= 0.6 is 0 Å². The van der Waals surface area contributed by atoms with Gasteiger partial charge in [0.05, 0.1) is 12.7 Å². The van der Waals surface area contributed by atoms with Crippen molar-refractivity contribution in [3.05, 3.63) is 22.7 Å². The lowest BCUT2D eigenvalue weighted by molar-refractivity contribution is -0.116. The smallest absolute Gasteiger partial charge is 0.351 e. The van der Waals surface area contributed by atoms with Crippen molar-refractivity contribution in [3.8, 4) is 0 Å². The minimum Gasteiger partial charge on any atom is -0.393 e. The first-order valence-electron chi connectivity index (χ1n) is 7.00. The first-order chi connectivity index (χ1) is 10.00. The molecule has 0 amide bonds. The number of aliphatic hydroxyl groups is 2. The Kier molecular flexibility index (Phi) is 4.94. The maximum Gasteiger partial charge on any atom is 0.351 e. The van der Waals surface area contributed by atoms with Crippen LogP contribution in [0.15, 0.2) is 17.1 Å². The molecule has 2 rings (SSSR count). The Morgan fingerprint density at radius 2 is 2.43 bits per heavy atom. The molecule has 1 saturated heterocycles. The van der Waals surface area contributed by atoms with Gasteiger partial charge in [-0.15, -0.1) is 0 Å². The Labute approximate surface area is 122 Å². The Morgan fingerprint density at radius 3 is 3.00 bits per heavy atom. The second-order valence-corrected chi connectivity index (χ2v) is 5.37. The van der Waals surface area contributed by atoms with Crippen molar-refractivity contribution in [1.29, 1.82) is 0 Å². The fraction of sp³-hybridized carbons (Fsp3) is 0.692. The molecule has 0 saturated carbocycles. The molecule has 1 aromatic heterocycles. The molecule has 0 aliphatic carbocycles. The van der Waals surface area contributed by atoms with Crippen LogP contribution < -0.4 is 16.7 Å². The summed E-state index contributed by atoms with van der Waals surface area (Å²) in [6.07, 6.45) is 1.13. The number of aliphatic hydroxyl groups excluding tert-OH is 2. The van der Waals surface area contributed by atoms with Crippen molar-refractivity contribution in [2.75, 3.05) is 25.0 Å². The predicted molar refractivity (Wildman–Crippen MR) is 76.9 cm³/mol. The lowest BCUT2D eigenvalue weighted by Crippen LogP contribution is -2.39. The number of nitrogens with two attached hydrogens (primary N) is 1. The van der Waals surface area contributed by atoms with E-state index in [0.717, 1.165) is 6.42 Å². The second-order valence-electron chi connectivity index (χ2n) is 5.37. The molecule has 0 radical (unpaired) electrons. The average Bonchev–Trinajstić information content (AvgIpc) is 2.76. The number of rotatable bonds is 6. The zero-order valence-corrected chi connectivity index (χ0v) is 12.0. The number of hydrogen-bond donors (Lipinski definition) is 4. The monoisotopic (exact) mass is 298 g/mol. The first kappa shape index (κ1) is 15.9. The number of nitrogens with zero attached hydrogens (tertiary/aromatic N) is 2. The summed E-state index contributed by atoms with van der Waals surface area (Å²) >= 11 is 0. The van der Waals surface area contributed by atoms with Crippen LogP contribution in [0.3, 0.4) is 0 Å². The van der Waals surface area contributed by atoms with Crippen LogP contribution in [0.1, 0.15) is 26.0 Å². The number of hydrogen-bond acceptors (Lipinski definition) is 7. The fourth-order valence-corrected chi connectivity index (χ4v) is 2.24. The molecule has 8 heteroatoms. The van der Waals surface area contributed by atoms with Crippen molar-refractivity contribution < 1.29 is 14.9 Å². The van der Waals surface area contributed by atoms with E-state index in [1.807, 2.05) is 0 Å². The summed E-state index contributed by atoms with van der Waals surface area (Å²) in [5, 5.41) is 22.2. The van der Waals surface area contributed by atoms with Crippen LogP contribution in [0.2, 0.25) is 0 Å². The fourth-order valence-electron chi connectivity index (χ4n) is 2.24. The van der Waals surface area contributed by atoms with Crippen LogP contribution in [0.25, 0.3) is 0 Å². The Morgan fingerprint density at radius 1 is 1.67 bits per heavy atom. The van der Waals surface area contributed by atoms with Gasteiger partial charge in [-0.2, -0.15) is 4.98 Å². The molecule has 0 spiro atoms. The van der Waals surface area contributed by atoms with Gasteiger partial charge in [-0.3, -0.25) is 4.57 Å². The van der Waals surface area contributed by atoms with Crippen LogP contribution in [0.5, 0.6) is 0 Å². The third-order valence-electron chi connectivity index (χ3n) is 3.68. The third kappa shape index (κ3) is 3.41. The SMILES string of the molecule is CC1(CO)OC(n2ccc(NCCCN)nc2=O)CC1O. The summed E-state index contributed by atoms with van der Waals surface area (Å²) in [4.78, 5) is 15.9. The Bertz CT molecular complexity index is 535. The summed E-state index contributed by atoms with van der Waals surface area (Å²) in [5.74, 6) is 0.480. The largest absolute Gasteiger partial charge is 0.393 e. The minimum atomic E-state index is -1.05. The molecular weight excluding hydrogens is 276 g/mol.